The Morgan fingerprint density at radius 3 is 2.41 bits per heavy atom. The fourth-order valence-electron chi connectivity index (χ4n) is 5.08. The Morgan fingerprint density at radius 2 is 1.73 bits per heavy atom. The number of amides is 3. The number of carbonyl (C=O) groups excluding carboxylic acids is 3. The highest BCUT2D eigenvalue weighted by atomic mass is 32.1. The zero-order chi connectivity index (χ0) is 25.8. The van der Waals surface area contributed by atoms with Crippen molar-refractivity contribution in [3.05, 3.63) is 93.7 Å². The third kappa shape index (κ3) is 5.45. The molecule has 5 rings (SSSR count). The molecule has 2 aromatic carbocycles. The van der Waals surface area contributed by atoms with Gasteiger partial charge in [0.15, 0.2) is 0 Å². The Hall–Kier alpha value is -3.49. The van der Waals surface area contributed by atoms with Crippen LogP contribution in [0.3, 0.4) is 0 Å². The van der Waals surface area contributed by atoms with Crippen LogP contribution in [0.1, 0.15) is 39.2 Å². The summed E-state index contributed by atoms with van der Waals surface area (Å²) in [7, 11) is 0. The number of ether oxygens (including phenoxy) is 1. The van der Waals surface area contributed by atoms with E-state index in [0.29, 0.717) is 44.5 Å². The summed E-state index contributed by atoms with van der Waals surface area (Å²) in [5.41, 5.74) is 1.64. The fraction of sp³-hybridized carbons (Fsp3) is 0.345. The van der Waals surface area contributed by atoms with E-state index < -0.39 is 11.8 Å². The number of rotatable bonds is 6. The van der Waals surface area contributed by atoms with Gasteiger partial charge in [-0.15, -0.1) is 11.3 Å². The highest BCUT2D eigenvalue weighted by molar-refractivity contribution is 7.10. The average molecular weight is 518 g/mol. The van der Waals surface area contributed by atoms with Gasteiger partial charge in [0.2, 0.25) is 11.8 Å². The number of thiophene rings is 1. The second kappa shape index (κ2) is 10.9. The minimum atomic E-state index is -0.920. The molecule has 0 aliphatic carbocycles. The van der Waals surface area contributed by atoms with Gasteiger partial charge in [-0.2, -0.15) is 0 Å². The van der Waals surface area contributed by atoms with Crippen molar-refractivity contribution in [2.75, 3.05) is 19.7 Å². The SMILES string of the molecule is Cc1ccc(C(=O)N2C(C(=O)NCc3ccccc3)COC23CCN(C(=O)Cc2cccs2)CC3)cc1. The lowest BCUT2D eigenvalue weighted by atomic mass is 9.96. The molecule has 2 fully saturated rings. The number of hydrogen-bond donors (Lipinski definition) is 1. The van der Waals surface area contributed by atoms with E-state index in [4.69, 9.17) is 4.74 Å². The number of nitrogens with zero attached hydrogens (tertiary/aromatic N) is 2. The monoisotopic (exact) mass is 517 g/mol. The molecule has 1 atom stereocenters. The second-order valence-corrected chi connectivity index (χ2v) is 10.7. The standard InChI is InChI=1S/C29H31N3O4S/c1-21-9-11-23(12-10-21)28(35)32-25(27(34)30-19-22-6-3-2-4-7-22)20-36-29(32)13-15-31(16-14-29)26(33)18-24-8-5-17-37-24/h2-12,17,25H,13-16,18-20H2,1H3,(H,30,34). The minimum Gasteiger partial charge on any atom is -0.353 e. The zero-order valence-electron chi connectivity index (χ0n) is 20.9. The van der Waals surface area contributed by atoms with Gasteiger partial charge in [-0.1, -0.05) is 54.1 Å². The van der Waals surface area contributed by atoms with Crippen molar-refractivity contribution in [1.82, 2.24) is 15.1 Å². The number of hydrogen-bond acceptors (Lipinski definition) is 5. The normalized spacial score (nSPS) is 18.7. The van der Waals surface area contributed by atoms with Gasteiger partial charge < -0.3 is 15.0 Å². The van der Waals surface area contributed by atoms with Crippen molar-refractivity contribution < 1.29 is 19.1 Å². The zero-order valence-corrected chi connectivity index (χ0v) is 21.7. The molecule has 7 nitrogen and oxygen atoms in total. The van der Waals surface area contributed by atoms with Crippen LogP contribution in [-0.4, -0.2) is 59.0 Å². The number of benzene rings is 2. The van der Waals surface area contributed by atoms with Gasteiger partial charge in [0, 0.05) is 42.9 Å². The maximum atomic E-state index is 13.8. The maximum Gasteiger partial charge on any atom is 0.256 e. The second-order valence-electron chi connectivity index (χ2n) is 9.65. The number of aryl methyl sites for hydroxylation is 1. The summed E-state index contributed by atoms with van der Waals surface area (Å²) in [5.74, 6) is -0.392. The molecule has 1 spiro atoms. The predicted octanol–water partition coefficient (Wildman–Crippen LogP) is 3.78. The van der Waals surface area contributed by atoms with Gasteiger partial charge in [0.05, 0.1) is 13.0 Å². The molecule has 8 heteroatoms. The van der Waals surface area contributed by atoms with Gasteiger partial charge >= 0.3 is 0 Å². The number of piperidine rings is 1. The molecule has 2 saturated heterocycles. The summed E-state index contributed by atoms with van der Waals surface area (Å²) in [6, 6.07) is 20.2. The molecule has 2 aliphatic rings. The molecule has 3 aromatic rings. The fourth-order valence-corrected chi connectivity index (χ4v) is 5.78. The van der Waals surface area contributed by atoms with Crippen molar-refractivity contribution in [3.63, 3.8) is 0 Å². The van der Waals surface area contributed by atoms with E-state index in [9.17, 15) is 14.4 Å². The third-order valence-corrected chi connectivity index (χ3v) is 8.07. The lowest BCUT2D eigenvalue weighted by Crippen LogP contribution is -2.59. The molecule has 192 valence electrons. The van der Waals surface area contributed by atoms with Gasteiger partial charge in [-0.25, -0.2) is 0 Å². The van der Waals surface area contributed by atoms with Crippen molar-refractivity contribution in [2.45, 2.75) is 44.5 Å². The topological polar surface area (TPSA) is 79.0 Å². The van der Waals surface area contributed by atoms with Crippen molar-refractivity contribution >= 4 is 29.1 Å². The van der Waals surface area contributed by atoms with Gasteiger partial charge in [0.1, 0.15) is 11.8 Å². The molecule has 1 N–H and O–H groups in total. The lowest BCUT2D eigenvalue weighted by Gasteiger charge is -2.44. The molecular weight excluding hydrogens is 486 g/mol. The Bertz CT molecular complexity index is 1240. The quantitative estimate of drug-likeness (QED) is 0.540. The molecule has 0 bridgehead atoms. The lowest BCUT2D eigenvalue weighted by molar-refractivity contribution is -0.143. The predicted molar refractivity (Wildman–Crippen MR) is 142 cm³/mol. The molecule has 3 amide bonds. The van der Waals surface area contributed by atoms with Crippen LogP contribution < -0.4 is 5.32 Å². The van der Waals surface area contributed by atoms with Crippen LogP contribution in [0.5, 0.6) is 0 Å². The van der Waals surface area contributed by atoms with Crippen LogP contribution in [0.25, 0.3) is 0 Å². The van der Waals surface area contributed by atoms with E-state index in [1.165, 1.54) is 0 Å². The molecule has 2 aliphatic heterocycles. The van der Waals surface area contributed by atoms with E-state index >= 15 is 0 Å². The van der Waals surface area contributed by atoms with E-state index in [1.54, 1.807) is 28.4 Å². The van der Waals surface area contributed by atoms with E-state index in [2.05, 4.69) is 5.32 Å². The van der Waals surface area contributed by atoms with E-state index in [0.717, 1.165) is 16.0 Å². The van der Waals surface area contributed by atoms with Gasteiger partial charge in [-0.3, -0.25) is 19.3 Å². The van der Waals surface area contributed by atoms with Crippen LogP contribution >= 0.6 is 11.3 Å². The Morgan fingerprint density at radius 1 is 1.00 bits per heavy atom. The maximum absolute atomic E-state index is 13.8. The molecule has 0 radical (unpaired) electrons. The Kier molecular flexibility index (Phi) is 7.39. The first-order chi connectivity index (χ1) is 17.9. The summed E-state index contributed by atoms with van der Waals surface area (Å²) >= 11 is 1.57. The van der Waals surface area contributed by atoms with Gasteiger partial charge in [0.25, 0.3) is 5.91 Å². The molecule has 0 saturated carbocycles. The summed E-state index contributed by atoms with van der Waals surface area (Å²) in [6.45, 7) is 3.42. The average Bonchev–Trinajstić information content (AvgIpc) is 3.56. The first kappa shape index (κ1) is 25.2. The van der Waals surface area contributed by atoms with Crippen LogP contribution in [0.15, 0.2) is 72.1 Å². The van der Waals surface area contributed by atoms with Crippen LogP contribution in [-0.2, 0) is 27.3 Å². The molecular formula is C29H31N3O4S. The summed E-state index contributed by atoms with van der Waals surface area (Å²) in [4.78, 5) is 44.6. The van der Waals surface area contributed by atoms with Gasteiger partial charge in [-0.05, 0) is 36.1 Å². The molecule has 1 unspecified atom stereocenters. The van der Waals surface area contributed by atoms with E-state index in [1.807, 2.05) is 71.8 Å². The van der Waals surface area contributed by atoms with Crippen molar-refractivity contribution in [2.24, 2.45) is 0 Å². The Balaban J connectivity index is 1.33. The number of likely N-dealkylation sites (tertiary alicyclic amines) is 1. The number of nitrogens with one attached hydrogen (secondary N) is 1. The minimum absolute atomic E-state index is 0.0730. The summed E-state index contributed by atoms with van der Waals surface area (Å²) < 4.78 is 6.29. The highest BCUT2D eigenvalue weighted by Crippen LogP contribution is 2.38. The summed E-state index contributed by atoms with van der Waals surface area (Å²) in [5, 5.41) is 4.95. The molecule has 1 aromatic heterocycles. The van der Waals surface area contributed by atoms with Crippen LogP contribution in [0, 0.1) is 6.92 Å². The van der Waals surface area contributed by atoms with Crippen LogP contribution in [0.4, 0.5) is 0 Å². The largest absolute Gasteiger partial charge is 0.353 e. The Labute approximate surface area is 221 Å². The first-order valence-electron chi connectivity index (χ1n) is 12.6. The van der Waals surface area contributed by atoms with E-state index in [-0.39, 0.29) is 24.3 Å². The molecule has 3 heterocycles. The first-order valence-corrected chi connectivity index (χ1v) is 13.5. The third-order valence-electron chi connectivity index (χ3n) is 7.19. The van der Waals surface area contributed by atoms with Crippen LogP contribution in [0.2, 0.25) is 0 Å². The molecule has 37 heavy (non-hydrogen) atoms. The van der Waals surface area contributed by atoms with Crippen molar-refractivity contribution in [1.29, 1.82) is 0 Å². The highest BCUT2D eigenvalue weighted by Gasteiger charge is 2.54. The number of carbonyl (C=O) groups is 3. The summed E-state index contributed by atoms with van der Waals surface area (Å²) in [6.07, 6.45) is 1.30. The van der Waals surface area contributed by atoms with Crippen molar-refractivity contribution in [3.8, 4) is 0 Å². The smallest absolute Gasteiger partial charge is 0.256 e.